The molecule has 1 aromatic heterocycles. The molecule has 0 spiro atoms. The van der Waals surface area contributed by atoms with Crippen LogP contribution < -0.4 is 0 Å². The predicted molar refractivity (Wildman–Crippen MR) is 98.1 cm³/mol. The van der Waals surface area contributed by atoms with Gasteiger partial charge in [0.2, 0.25) is 5.91 Å². The number of rotatable bonds is 5. The average Bonchev–Trinajstić information content (AvgIpc) is 3.01. The van der Waals surface area contributed by atoms with Gasteiger partial charge in [0.25, 0.3) is 0 Å². The minimum Gasteiger partial charge on any atom is -0.396 e. The van der Waals surface area contributed by atoms with E-state index in [1.54, 1.807) is 22.9 Å². The number of halogens is 2. The molecule has 0 aliphatic carbocycles. The molecule has 3 aromatic rings. The molecule has 0 radical (unpaired) electrons. The molecule has 1 heterocycles. The maximum Gasteiger partial charge on any atom is 0.231 e. The number of hydrogen-bond acceptors (Lipinski definition) is 2. The lowest BCUT2D eigenvalue weighted by Crippen LogP contribution is -2.15. The van der Waals surface area contributed by atoms with Crippen molar-refractivity contribution in [2.24, 2.45) is 0 Å². The molecule has 1 atom stereocenters. The Morgan fingerprint density at radius 2 is 1.88 bits per heavy atom. The third kappa shape index (κ3) is 3.48. The summed E-state index contributed by atoms with van der Waals surface area (Å²) in [6.07, 6.45) is 2.57. The van der Waals surface area contributed by atoms with Crippen LogP contribution in [0.4, 0.5) is 0 Å². The largest absolute Gasteiger partial charge is 0.396 e. The van der Waals surface area contributed by atoms with Crippen molar-refractivity contribution in [2.45, 2.75) is 18.8 Å². The zero-order valence-electron chi connectivity index (χ0n) is 13.0. The van der Waals surface area contributed by atoms with Gasteiger partial charge in [-0.2, -0.15) is 0 Å². The molecular formula is C19H17Cl2NO2. The molecule has 0 bridgehead atoms. The summed E-state index contributed by atoms with van der Waals surface area (Å²) in [5.41, 5.74) is 1.79. The average molecular weight is 362 g/mol. The number of carbonyl (C=O) groups is 1. The SMILES string of the molecule is O=C(CC(CCO)c1ccc(Cl)c(Cl)c1)n1ccc2ccccc21. The van der Waals surface area contributed by atoms with E-state index in [-0.39, 0.29) is 24.9 Å². The van der Waals surface area contributed by atoms with Crippen LogP contribution in [0.1, 0.15) is 29.1 Å². The van der Waals surface area contributed by atoms with Gasteiger partial charge in [-0.1, -0.05) is 47.5 Å². The first-order valence-corrected chi connectivity index (χ1v) is 8.51. The Bertz CT molecular complexity index is 873. The summed E-state index contributed by atoms with van der Waals surface area (Å²) in [6.45, 7) is 0.00458. The Morgan fingerprint density at radius 3 is 2.62 bits per heavy atom. The Morgan fingerprint density at radius 1 is 1.08 bits per heavy atom. The van der Waals surface area contributed by atoms with Crippen molar-refractivity contribution in [2.75, 3.05) is 6.61 Å². The van der Waals surface area contributed by atoms with Gasteiger partial charge in [-0.05, 0) is 42.2 Å². The van der Waals surface area contributed by atoms with E-state index in [0.717, 1.165) is 16.5 Å². The van der Waals surface area contributed by atoms with Crippen LogP contribution in [-0.2, 0) is 0 Å². The first-order chi connectivity index (χ1) is 11.6. The fourth-order valence-electron chi connectivity index (χ4n) is 2.92. The minimum atomic E-state index is -0.113. The lowest BCUT2D eigenvalue weighted by Gasteiger charge is -2.17. The highest BCUT2D eigenvalue weighted by atomic mass is 35.5. The van der Waals surface area contributed by atoms with Crippen LogP contribution in [0.25, 0.3) is 10.9 Å². The van der Waals surface area contributed by atoms with Crippen LogP contribution in [0.3, 0.4) is 0 Å². The van der Waals surface area contributed by atoms with Crippen LogP contribution in [0.15, 0.2) is 54.7 Å². The van der Waals surface area contributed by atoms with Gasteiger partial charge in [-0.3, -0.25) is 9.36 Å². The maximum absolute atomic E-state index is 12.8. The Labute approximate surface area is 150 Å². The lowest BCUT2D eigenvalue weighted by atomic mass is 9.92. The lowest BCUT2D eigenvalue weighted by molar-refractivity contribution is 0.0894. The molecule has 0 aliphatic rings. The summed E-state index contributed by atoms with van der Waals surface area (Å²) >= 11 is 12.1. The van der Waals surface area contributed by atoms with E-state index in [0.29, 0.717) is 16.5 Å². The summed E-state index contributed by atoms with van der Waals surface area (Å²) in [4.78, 5) is 12.8. The summed E-state index contributed by atoms with van der Waals surface area (Å²) in [5.74, 6) is -0.126. The van der Waals surface area contributed by atoms with Crippen molar-refractivity contribution in [3.8, 4) is 0 Å². The minimum absolute atomic E-state index is 0.00458. The van der Waals surface area contributed by atoms with Crippen LogP contribution in [-0.4, -0.2) is 22.2 Å². The Hall–Kier alpha value is -1.81. The second kappa shape index (κ2) is 7.39. The standard InChI is InChI=1S/C19H17Cl2NO2/c20-16-6-5-14(11-17(16)21)15(8-10-23)12-19(24)22-9-7-13-3-1-2-4-18(13)22/h1-7,9,11,15,23H,8,10,12H2. The molecule has 0 saturated carbocycles. The quantitative estimate of drug-likeness (QED) is 0.683. The predicted octanol–water partition coefficient (Wildman–Crippen LogP) is 5.14. The van der Waals surface area contributed by atoms with Gasteiger partial charge in [0.1, 0.15) is 0 Å². The first-order valence-electron chi connectivity index (χ1n) is 7.75. The molecular weight excluding hydrogens is 345 g/mol. The summed E-state index contributed by atoms with van der Waals surface area (Å²) in [7, 11) is 0. The van der Waals surface area contributed by atoms with Gasteiger partial charge >= 0.3 is 0 Å². The number of hydrogen-bond donors (Lipinski definition) is 1. The van der Waals surface area contributed by atoms with E-state index in [2.05, 4.69) is 0 Å². The smallest absolute Gasteiger partial charge is 0.231 e. The molecule has 3 rings (SSSR count). The Balaban J connectivity index is 1.87. The van der Waals surface area contributed by atoms with Crippen LogP contribution in [0.2, 0.25) is 10.0 Å². The molecule has 124 valence electrons. The van der Waals surface area contributed by atoms with Crippen LogP contribution in [0.5, 0.6) is 0 Å². The fourth-order valence-corrected chi connectivity index (χ4v) is 3.22. The molecule has 1 unspecified atom stereocenters. The molecule has 24 heavy (non-hydrogen) atoms. The number of para-hydroxylation sites is 1. The van der Waals surface area contributed by atoms with Crippen molar-refractivity contribution in [3.05, 3.63) is 70.3 Å². The third-order valence-electron chi connectivity index (χ3n) is 4.18. The zero-order chi connectivity index (χ0) is 17.1. The molecule has 3 nitrogen and oxygen atoms in total. The van der Waals surface area contributed by atoms with Crippen molar-refractivity contribution >= 4 is 40.0 Å². The third-order valence-corrected chi connectivity index (χ3v) is 4.92. The summed E-state index contributed by atoms with van der Waals surface area (Å²) in [6, 6.07) is 15.0. The number of benzene rings is 2. The number of aliphatic hydroxyl groups excluding tert-OH is 1. The number of nitrogens with zero attached hydrogens (tertiary/aromatic N) is 1. The molecule has 0 fully saturated rings. The van der Waals surface area contributed by atoms with Gasteiger partial charge < -0.3 is 5.11 Å². The van der Waals surface area contributed by atoms with Gasteiger partial charge in [-0.15, -0.1) is 0 Å². The highest BCUT2D eigenvalue weighted by Crippen LogP contribution is 2.30. The van der Waals surface area contributed by atoms with E-state index in [1.165, 1.54) is 0 Å². The first kappa shape index (κ1) is 17.0. The number of aromatic nitrogens is 1. The van der Waals surface area contributed by atoms with E-state index >= 15 is 0 Å². The summed E-state index contributed by atoms with van der Waals surface area (Å²) in [5, 5.41) is 11.3. The van der Waals surface area contributed by atoms with Crippen LogP contribution in [0, 0.1) is 0 Å². The van der Waals surface area contributed by atoms with Gasteiger partial charge in [0.15, 0.2) is 0 Å². The van der Waals surface area contributed by atoms with E-state index in [4.69, 9.17) is 23.2 Å². The molecule has 2 aromatic carbocycles. The second-order valence-electron chi connectivity index (χ2n) is 5.73. The Kier molecular flexibility index (Phi) is 5.24. The molecule has 0 saturated heterocycles. The monoisotopic (exact) mass is 361 g/mol. The van der Waals surface area contributed by atoms with E-state index in [1.807, 2.05) is 36.4 Å². The number of carbonyl (C=O) groups excluding carboxylic acids is 1. The number of aliphatic hydroxyl groups is 1. The molecule has 0 aliphatic heterocycles. The molecule has 5 heteroatoms. The van der Waals surface area contributed by atoms with E-state index in [9.17, 15) is 9.90 Å². The van der Waals surface area contributed by atoms with Gasteiger partial charge in [0, 0.05) is 24.6 Å². The van der Waals surface area contributed by atoms with Crippen molar-refractivity contribution in [3.63, 3.8) is 0 Å². The molecule has 0 amide bonds. The van der Waals surface area contributed by atoms with Crippen molar-refractivity contribution in [1.82, 2.24) is 4.57 Å². The van der Waals surface area contributed by atoms with Crippen molar-refractivity contribution in [1.29, 1.82) is 0 Å². The summed E-state index contributed by atoms with van der Waals surface area (Å²) < 4.78 is 1.66. The molecule has 1 N–H and O–H groups in total. The topological polar surface area (TPSA) is 42.2 Å². The normalized spacial score (nSPS) is 12.5. The van der Waals surface area contributed by atoms with E-state index < -0.39 is 0 Å². The van der Waals surface area contributed by atoms with Gasteiger partial charge in [0.05, 0.1) is 15.6 Å². The van der Waals surface area contributed by atoms with Crippen LogP contribution >= 0.6 is 23.2 Å². The zero-order valence-corrected chi connectivity index (χ0v) is 14.5. The maximum atomic E-state index is 12.8. The fraction of sp³-hybridized carbons (Fsp3) is 0.211. The van der Waals surface area contributed by atoms with Crippen molar-refractivity contribution < 1.29 is 9.90 Å². The highest BCUT2D eigenvalue weighted by Gasteiger charge is 2.19. The highest BCUT2D eigenvalue weighted by molar-refractivity contribution is 6.42. The number of fused-ring (bicyclic) bond motifs is 1. The van der Waals surface area contributed by atoms with Gasteiger partial charge in [-0.25, -0.2) is 0 Å². The second-order valence-corrected chi connectivity index (χ2v) is 6.54.